The molecular formula is C15H21NO3. The van der Waals surface area contributed by atoms with Crippen molar-refractivity contribution in [1.82, 2.24) is 4.90 Å². The summed E-state index contributed by atoms with van der Waals surface area (Å²) in [6.07, 6.45) is 2.14. The van der Waals surface area contributed by atoms with Gasteiger partial charge in [0.2, 0.25) is 5.78 Å². The summed E-state index contributed by atoms with van der Waals surface area (Å²) >= 11 is 0. The first-order valence-corrected chi connectivity index (χ1v) is 6.97. The Hall–Kier alpha value is -1.03. The molecule has 4 bridgehead atoms. The number of carbonyl (C=O) groups excluding carboxylic acids is 3. The van der Waals surface area contributed by atoms with Crippen LogP contribution in [-0.4, -0.2) is 42.4 Å². The highest BCUT2D eigenvalue weighted by Crippen LogP contribution is 2.64. The average Bonchev–Trinajstić information content (AvgIpc) is 2.21. The van der Waals surface area contributed by atoms with E-state index in [1.807, 2.05) is 0 Å². The van der Waals surface area contributed by atoms with E-state index < -0.39 is 11.6 Å². The summed E-state index contributed by atoms with van der Waals surface area (Å²) in [5.41, 5.74) is -0.0665. The predicted octanol–water partition coefficient (Wildman–Crippen LogP) is 1.08. The van der Waals surface area contributed by atoms with Crippen LogP contribution in [0.1, 0.15) is 33.6 Å². The molecule has 3 saturated heterocycles. The molecule has 0 N–H and O–H groups in total. The van der Waals surface area contributed by atoms with Crippen LogP contribution in [0.2, 0.25) is 0 Å². The number of hydrogen-bond donors (Lipinski definition) is 0. The summed E-state index contributed by atoms with van der Waals surface area (Å²) in [4.78, 5) is 37.1. The molecule has 4 aliphatic rings. The quantitative estimate of drug-likeness (QED) is 0.434. The van der Waals surface area contributed by atoms with Crippen LogP contribution in [0.15, 0.2) is 0 Å². The zero-order chi connectivity index (χ0) is 14.1. The Bertz CT molecular complexity index is 464. The highest BCUT2D eigenvalue weighted by Gasteiger charge is 2.65. The van der Waals surface area contributed by atoms with Crippen LogP contribution in [0.5, 0.6) is 0 Å². The third-order valence-corrected chi connectivity index (χ3v) is 5.44. The summed E-state index contributed by atoms with van der Waals surface area (Å²) in [6.45, 7) is 9.38. The molecule has 1 saturated carbocycles. The Labute approximate surface area is 113 Å². The normalized spacial score (nSPS) is 51.1. The highest BCUT2D eigenvalue weighted by molar-refractivity contribution is 6.58. The van der Waals surface area contributed by atoms with Crippen LogP contribution in [-0.2, 0) is 14.4 Å². The van der Waals surface area contributed by atoms with Crippen molar-refractivity contribution in [3.8, 4) is 0 Å². The van der Waals surface area contributed by atoms with Crippen molar-refractivity contribution >= 4 is 17.9 Å². The molecule has 3 aliphatic heterocycles. The molecule has 104 valence electrons. The summed E-state index contributed by atoms with van der Waals surface area (Å²) in [7, 11) is 0. The van der Waals surface area contributed by atoms with Gasteiger partial charge in [0, 0.05) is 25.6 Å². The van der Waals surface area contributed by atoms with Crippen LogP contribution in [0, 0.1) is 22.2 Å². The Balaban J connectivity index is 2.04. The maximum atomic E-state index is 12.4. The van der Waals surface area contributed by atoms with Crippen molar-refractivity contribution in [2.45, 2.75) is 33.6 Å². The molecule has 0 aromatic rings. The molecule has 1 aliphatic carbocycles. The van der Waals surface area contributed by atoms with E-state index in [-0.39, 0.29) is 28.4 Å². The van der Waals surface area contributed by atoms with Gasteiger partial charge in [-0.2, -0.15) is 0 Å². The minimum absolute atomic E-state index is 0.159. The van der Waals surface area contributed by atoms with Crippen molar-refractivity contribution < 1.29 is 14.4 Å². The molecule has 3 heterocycles. The van der Waals surface area contributed by atoms with Gasteiger partial charge >= 0.3 is 0 Å². The molecule has 0 aromatic heterocycles. The van der Waals surface area contributed by atoms with E-state index in [4.69, 9.17) is 0 Å². The van der Waals surface area contributed by atoms with Gasteiger partial charge in [0.05, 0.1) is 0 Å². The number of Topliss-reactive ketones (excluding diaryl/α,β-unsaturated/α-hetero) is 2. The fourth-order valence-corrected chi connectivity index (χ4v) is 6.03. The lowest BCUT2D eigenvalue weighted by molar-refractivity contribution is -0.201. The van der Waals surface area contributed by atoms with Gasteiger partial charge in [-0.1, -0.05) is 20.8 Å². The van der Waals surface area contributed by atoms with E-state index in [1.165, 1.54) is 0 Å². The van der Waals surface area contributed by atoms with E-state index in [0.717, 1.165) is 32.5 Å². The second-order valence-corrected chi connectivity index (χ2v) is 7.90. The maximum absolute atomic E-state index is 12.4. The second-order valence-electron chi connectivity index (χ2n) is 7.90. The average molecular weight is 263 g/mol. The fraction of sp³-hybridized carbons (Fsp3) is 0.800. The first-order chi connectivity index (χ1) is 8.71. The Morgan fingerprint density at radius 1 is 1.05 bits per heavy atom. The number of rotatable bonds is 3. The lowest BCUT2D eigenvalue weighted by Gasteiger charge is -2.68. The Morgan fingerprint density at radius 3 is 2.00 bits per heavy atom. The van der Waals surface area contributed by atoms with Gasteiger partial charge in [-0.3, -0.25) is 14.4 Å². The van der Waals surface area contributed by atoms with Crippen molar-refractivity contribution in [2.75, 3.05) is 19.6 Å². The third kappa shape index (κ3) is 1.65. The van der Waals surface area contributed by atoms with Gasteiger partial charge in [0.15, 0.2) is 6.29 Å². The number of piperidine rings is 3. The summed E-state index contributed by atoms with van der Waals surface area (Å²) in [5.74, 6) is -1.59. The van der Waals surface area contributed by atoms with Crippen molar-refractivity contribution in [3.63, 3.8) is 0 Å². The van der Waals surface area contributed by atoms with Crippen LogP contribution in [0.3, 0.4) is 0 Å². The standard InChI is InChI=1S/C15H21NO3/c1-13-5-14(2)8-16(7-13)9-15(3,6-13)12(14)11(19)10(18)4-17/h4,12H,5-9H2,1-3H3. The van der Waals surface area contributed by atoms with Crippen LogP contribution >= 0.6 is 0 Å². The van der Waals surface area contributed by atoms with Gasteiger partial charge in [0.1, 0.15) is 0 Å². The zero-order valence-corrected chi connectivity index (χ0v) is 11.9. The Morgan fingerprint density at radius 2 is 1.58 bits per heavy atom. The monoisotopic (exact) mass is 263 g/mol. The SMILES string of the molecule is CC12CN3CC(C)(C1)C(C(=O)C(=O)C=O)C(C)(C3)C2. The lowest BCUT2D eigenvalue weighted by atomic mass is 9.43. The van der Waals surface area contributed by atoms with Crippen molar-refractivity contribution in [1.29, 1.82) is 0 Å². The first kappa shape index (κ1) is 13.0. The van der Waals surface area contributed by atoms with Gasteiger partial charge in [0.25, 0.3) is 5.78 Å². The maximum Gasteiger partial charge on any atom is 0.261 e. The summed E-state index contributed by atoms with van der Waals surface area (Å²) < 4.78 is 0. The number of hydrogen-bond acceptors (Lipinski definition) is 4. The topological polar surface area (TPSA) is 54.5 Å². The van der Waals surface area contributed by atoms with E-state index in [2.05, 4.69) is 25.7 Å². The molecular weight excluding hydrogens is 242 g/mol. The largest absolute Gasteiger partial charge is 0.302 e. The van der Waals surface area contributed by atoms with Gasteiger partial charge in [-0.15, -0.1) is 0 Å². The summed E-state index contributed by atoms with van der Waals surface area (Å²) in [5, 5.41) is 0. The minimum Gasteiger partial charge on any atom is -0.302 e. The third-order valence-electron chi connectivity index (χ3n) is 5.44. The van der Waals surface area contributed by atoms with E-state index in [0.29, 0.717) is 0 Å². The molecule has 0 amide bonds. The van der Waals surface area contributed by atoms with Crippen molar-refractivity contribution in [3.05, 3.63) is 0 Å². The molecule has 2 atom stereocenters. The van der Waals surface area contributed by atoms with E-state index in [1.54, 1.807) is 0 Å². The highest BCUT2D eigenvalue weighted by atomic mass is 16.2. The smallest absolute Gasteiger partial charge is 0.261 e. The number of aldehydes is 1. The molecule has 0 spiro atoms. The molecule has 4 nitrogen and oxygen atoms in total. The van der Waals surface area contributed by atoms with Gasteiger partial charge in [-0.05, 0) is 29.1 Å². The minimum atomic E-state index is -0.847. The molecule has 0 aromatic carbocycles. The molecule has 2 unspecified atom stereocenters. The molecule has 19 heavy (non-hydrogen) atoms. The molecule has 4 heteroatoms. The second kappa shape index (κ2) is 3.54. The first-order valence-electron chi connectivity index (χ1n) is 6.97. The number of nitrogens with zero attached hydrogens (tertiary/aromatic N) is 1. The van der Waals surface area contributed by atoms with Gasteiger partial charge < -0.3 is 4.90 Å². The lowest BCUT2D eigenvalue weighted by Crippen LogP contribution is -2.71. The van der Waals surface area contributed by atoms with Crippen LogP contribution < -0.4 is 0 Å². The zero-order valence-electron chi connectivity index (χ0n) is 11.9. The number of ketones is 2. The Kier molecular flexibility index (Phi) is 2.42. The van der Waals surface area contributed by atoms with Crippen LogP contribution in [0.25, 0.3) is 0 Å². The fourth-order valence-electron chi connectivity index (χ4n) is 6.03. The number of carbonyl (C=O) groups is 3. The predicted molar refractivity (Wildman–Crippen MR) is 69.6 cm³/mol. The van der Waals surface area contributed by atoms with E-state index >= 15 is 0 Å². The van der Waals surface area contributed by atoms with Gasteiger partial charge in [-0.25, -0.2) is 0 Å². The molecule has 0 radical (unpaired) electrons. The summed E-state index contributed by atoms with van der Waals surface area (Å²) in [6, 6.07) is 0. The molecule has 4 rings (SSSR count). The molecule has 4 fully saturated rings. The van der Waals surface area contributed by atoms with Crippen LogP contribution in [0.4, 0.5) is 0 Å². The van der Waals surface area contributed by atoms with Crippen molar-refractivity contribution in [2.24, 2.45) is 22.2 Å². The van der Waals surface area contributed by atoms with E-state index in [9.17, 15) is 14.4 Å².